The first kappa shape index (κ1) is 31.8. The zero-order valence-corrected chi connectivity index (χ0v) is 27.3. The normalized spacial score (nSPS) is 13.3. The minimum absolute atomic E-state index is 0.0722. The van der Waals surface area contributed by atoms with E-state index in [1.165, 1.54) is 30.6 Å². The predicted molar refractivity (Wildman–Crippen MR) is 180 cm³/mol. The average molecular weight is 655 g/mol. The van der Waals surface area contributed by atoms with Gasteiger partial charge in [0.2, 0.25) is 5.43 Å². The van der Waals surface area contributed by atoms with Gasteiger partial charge in [-0.25, -0.2) is 19.0 Å². The monoisotopic (exact) mass is 654 g/mol. The van der Waals surface area contributed by atoms with Crippen molar-refractivity contribution in [2.24, 2.45) is 11.5 Å². The van der Waals surface area contributed by atoms with Gasteiger partial charge >= 0.3 is 0 Å². The quantitative estimate of drug-likeness (QED) is 0.137. The van der Waals surface area contributed by atoms with Crippen molar-refractivity contribution >= 4 is 36.7 Å². The van der Waals surface area contributed by atoms with Crippen LogP contribution in [0.25, 0.3) is 44.7 Å². The molecule has 3 aromatic heterocycles. The van der Waals surface area contributed by atoms with Gasteiger partial charge in [-0.05, 0) is 42.1 Å². The summed E-state index contributed by atoms with van der Waals surface area (Å²) in [5, 5.41) is 5.32. The van der Waals surface area contributed by atoms with Gasteiger partial charge in [0.1, 0.15) is 41.6 Å². The molecule has 1 aliphatic rings. The molecule has 0 saturated heterocycles. The molecular weight excluding hydrogens is 619 g/mol. The Morgan fingerprint density at radius 3 is 2.19 bits per heavy atom. The number of halogens is 1. The number of anilines is 1. The number of hydrogen-bond acceptors (Lipinski definition) is 8. The summed E-state index contributed by atoms with van der Waals surface area (Å²) in [5.41, 5.74) is 19.4. The SMILES string of the molecule is C[Si](C)(C)CCOCn1nc(-c2ccc(-c3c(C(N)=O)c(=O)c(-c4ccc(F)cc4)c(C(N)=O)n3C3CC3)cc2)c2c(N)ncnc21. The largest absolute Gasteiger partial charge is 0.383 e. The van der Waals surface area contributed by atoms with Crippen LogP contribution in [-0.4, -0.2) is 50.8 Å². The number of hydrogen-bond donors (Lipinski definition) is 3. The number of carbonyl (C=O) groups excluding carboxylic acids is 2. The summed E-state index contributed by atoms with van der Waals surface area (Å²) in [6.07, 6.45) is 2.76. The Hall–Kier alpha value is -5.21. The number of ether oxygens (including phenoxy) is 1. The number of rotatable bonds is 11. The maximum atomic E-state index is 14.0. The highest BCUT2D eigenvalue weighted by molar-refractivity contribution is 6.76. The maximum absolute atomic E-state index is 14.0. The molecule has 6 N–H and O–H groups in total. The van der Waals surface area contributed by atoms with Crippen molar-refractivity contribution in [3.8, 4) is 33.6 Å². The second-order valence-electron chi connectivity index (χ2n) is 12.8. The molecule has 0 spiro atoms. The number of carbonyl (C=O) groups is 2. The van der Waals surface area contributed by atoms with Crippen LogP contribution in [0.5, 0.6) is 0 Å². The molecule has 1 fully saturated rings. The number of primary amides is 2. The van der Waals surface area contributed by atoms with Crippen LogP contribution >= 0.6 is 0 Å². The molecule has 0 unspecified atom stereocenters. The highest BCUT2D eigenvalue weighted by Crippen LogP contribution is 2.43. The van der Waals surface area contributed by atoms with E-state index in [1.54, 1.807) is 33.5 Å². The number of amides is 2. The van der Waals surface area contributed by atoms with E-state index in [1.807, 2.05) is 0 Å². The summed E-state index contributed by atoms with van der Waals surface area (Å²) in [7, 11) is -1.28. The Balaban J connectivity index is 1.48. The molecule has 5 aromatic rings. The van der Waals surface area contributed by atoms with Crippen LogP contribution in [0.3, 0.4) is 0 Å². The van der Waals surface area contributed by atoms with Crippen molar-refractivity contribution < 1.29 is 18.7 Å². The van der Waals surface area contributed by atoms with E-state index in [-0.39, 0.29) is 46.7 Å². The standard InChI is InChI=1S/C33H35FN8O4Si/c1-47(2,3)15-14-46-17-41-33-24(30(35)38-16-39-33)26(40-41)19-4-6-20(7-5-19)27-25(31(36)44)29(43)23(18-8-10-21(34)11-9-18)28(32(37)45)42(27)22-12-13-22/h4-11,16,22H,12-15,17H2,1-3H3,(H2,36,44)(H2,37,45)(H2,35,38,39). The Morgan fingerprint density at radius 2 is 1.60 bits per heavy atom. The van der Waals surface area contributed by atoms with Gasteiger partial charge in [-0.3, -0.25) is 14.4 Å². The average Bonchev–Trinajstić information content (AvgIpc) is 3.79. The van der Waals surface area contributed by atoms with Crippen molar-refractivity contribution in [1.29, 1.82) is 0 Å². The van der Waals surface area contributed by atoms with Crippen LogP contribution in [0.2, 0.25) is 25.7 Å². The van der Waals surface area contributed by atoms with Gasteiger partial charge in [-0.15, -0.1) is 0 Å². The summed E-state index contributed by atoms with van der Waals surface area (Å²) in [5.74, 6) is -2.10. The number of aromatic nitrogens is 5. The van der Waals surface area contributed by atoms with Crippen molar-refractivity contribution in [2.45, 2.75) is 51.3 Å². The molecule has 12 nitrogen and oxygen atoms in total. The maximum Gasteiger partial charge on any atom is 0.266 e. The molecule has 0 bridgehead atoms. The third kappa shape index (κ3) is 6.16. The third-order valence-electron chi connectivity index (χ3n) is 8.13. The molecule has 0 aliphatic heterocycles. The van der Waals surface area contributed by atoms with Crippen molar-refractivity contribution in [2.75, 3.05) is 12.3 Å². The lowest BCUT2D eigenvalue weighted by Gasteiger charge is -2.23. The molecule has 3 heterocycles. The lowest BCUT2D eigenvalue weighted by Crippen LogP contribution is -2.32. The molecule has 242 valence electrons. The lowest BCUT2D eigenvalue weighted by atomic mass is 9.94. The van der Waals surface area contributed by atoms with Crippen molar-refractivity contribution in [3.05, 3.63) is 82.2 Å². The van der Waals surface area contributed by atoms with Crippen LogP contribution in [0, 0.1) is 5.82 Å². The first-order valence-electron chi connectivity index (χ1n) is 15.2. The van der Waals surface area contributed by atoms with Gasteiger partial charge in [0.05, 0.1) is 16.6 Å². The Kier molecular flexibility index (Phi) is 8.23. The fourth-order valence-electron chi connectivity index (χ4n) is 5.67. The van der Waals surface area contributed by atoms with E-state index in [2.05, 4.69) is 29.6 Å². The molecular formula is C33H35FN8O4Si. The smallest absolute Gasteiger partial charge is 0.266 e. The van der Waals surface area contributed by atoms with Crippen LogP contribution in [0.1, 0.15) is 39.7 Å². The van der Waals surface area contributed by atoms with Gasteiger partial charge in [0.25, 0.3) is 11.8 Å². The highest BCUT2D eigenvalue weighted by Gasteiger charge is 2.36. The van der Waals surface area contributed by atoms with Crippen LogP contribution in [0.4, 0.5) is 10.2 Å². The van der Waals surface area contributed by atoms with Crippen LogP contribution < -0.4 is 22.6 Å². The van der Waals surface area contributed by atoms with Crippen LogP contribution in [-0.2, 0) is 11.5 Å². The second-order valence-corrected chi connectivity index (χ2v) is 18.5. The minimum atomic E-state index is -1.28. The van der Waals surface area contributed by atoms with Gasteiger partial charge < -0.3 is 26.5 Å². The first-order chi connectivity index (χ1) is 22.4. The van der Waals surface area contributed by atoms with Gasteiger partial charge in [-0.2, -0.15) is 5.10 Å². The number of fused-ring (bicyclic) bond motifs is 1. The number of nitrogens with two attached hydrogens (primary N) is 3. The van der Waals surface area contributed by atoms with Gasteiger partial charge in [0.15, 0.2) is 5.65 Å². The molecule has 2 aromatic carbocycles. The third-order valence-corrected chi connectivity index (χ3v) is 9.84. The summed E-state index contributed by atoms with van der Waals surface area (Å²) >= 11 is 0. The van der Waals surface area contributed by atoms with E-state index < -0.39 is 31.1 Å². The lowest BCUT2D eigenvalue weighted by molar-refractivity contribution is 0.0814. The summed E-state index contributed by atoms with van der Waals surface area (Å²) in [4.78, 5) is 48.5. The van der Waals surface area contributed by atoms with Crippen molar-refractivity contribution in [1.82, 2.24) is 24.3 Å². The molecule has 0 radical (unpaired) electrons. The Morgan fingerprint density at radius 1 is 0.957 bits per heavy atom. The highest BCUT2D eigenvalue weighted by atomic mass is 28.3. The number of pyridine rings is 1. The minimum Gasteiger partial charge on any atom is -0.383 e. The Bertz CT molecular complexity index is 2080. The summed E-state index contributed by atoms with van der Waals surface area (Å²) < 4.78 is 23.0. The topological polar surface area (TPSA) is 187 Å². The molecule has 1 aliphatic carbocycles. The molecule has 0 atom stereocenters. The molecule has 2 amide bonds. The number of nitrogen functional groups attached to an aromatic ring is 1. The van der Waals surface area contributed by atoms with E-state index in [4.69, 9.17) is 27.0 Å². The van der Waals surface area contributed by atoms with Crippen LogP contribution in [0.15, 0.2) is 59.7 Å². The number of nitrogens with zero attached hydrogens (tertiary/aromatic N) is 5. The zero-order chi connectivity index (χ0) is 33.6. The summed E-state index contributed by atoms with van der Waals surface area (Å²) in [6.45, 7) is 7.61. The van der Waals surface area contributed by atoms with E-state index in [9.17, 15) is 18.8 Å². The summed E-state index contributed by atoms with van der Waals surface area (Å²) in [6, 6.07) is 12.8. The fraction of sp³-hybridized carbons (Fsp3) is 0.273. The first-order valence-corrected chi connectivity index (χ1v) is 18.9. The zero-order valence-electron chi connectivity index (χ0n) is 26.3. The molecule has 1 saturated carbocycles. The molecule has 47 heavy (non-hydrogen) atoms. The van der Waals surface area contributed by atoms with E-state index >= 15 is 0 Å². The second kappa shape index (κ2) is 12.2. The molecule has 14 heteroatoms. The van der Waals surface area contributed by atoms with Gasteiger partial charge in [0, 0.05) is 26.3 Å². The predicted octanol–water partition coefficient (Wildman–Crippen LogP) is 4.56. The van der Waals surface area contributed by atoms with Gasteiger partial charge in [-0.1, -0.05) is 56.0 Å². The van der Waals surface area contributed by atoms with Crippen molar-refractivity contribution in [3.63, 3.8) is 0 Å². The Labute approximate surface area is 270 Å². The number of benzene rings is 2. The van der Waals surface area contributed by atoms with E-state index in [0.29, 0.717) is 47.3 Å². The van der Waals surface area contributed by atoms with E-state index in [0.717, 1.165) is 6.04 Å². The molecule has 6 rings (SSSR count). The fourth-order valence-corrected chi connectivity index (χ4v) is 6.42.